The van der Waals surface area contributed by atoms with E-state index in [1.807, 2.05) is 0 Å². The van der Waals surface area contributed by atoms with E-state index in [0.29, 0.717) is 16.7 Å². The minimum absolute atomic E-state index is 0.0558. The second kappa shape index (κ2) is 6.95. The van der Waals surface area contributed by atoms with Crippen LogP contribution in [-0.4, -0.2) is 5.91 Å². The molecule has 0 fully saturated rings. The fraction of sp³-hybridized carbons (Fsp3) is 0.188. The highest BCUT2D eigenvalue weighted by molar-refractivity contribution is 5.78. The Hall–Kier alpha value is -2.27. The largest absolute Gasteiger partial charge is 0.352 e. The summed E-state index contributed by atoms with van der Waals surface area (Å²) in [6.07, 6.45) is 0.0558. The average molecular weight is 290 g/mol. The van der Waals surface area contributed by atoms with Crippen molar-refractivity contribution >= 4 is 5.91 Å². The van der Waals surface area contributed by atoms with E-state index in [9.17, 15) is 13.6 Å². The lowest BCUT2D eigenvalue weighted by atomic mass is 10.1. The Labute approximate surface area is 121 Å². The normalized spacial score (nSPS) is 10.4. The van der Waals surface area contributed by atoms with Gasteiger partial charge >= 0.3 is 0 Å². The zero-order chi connectivity index (χ0) is 15.2. The van der Waals surface area contributed by atoms with Crippen LogP contribution < -0.4 is 11.1 Å². The molecule has 0 bridgehead atoms. The standard InChI is InChI=1S/C16H16F2N2O/c17-14-3-1-2-11(6-14)8-16(21)20-10-13-5-4-12(9-19)7-15(13)18/h1-7H,8-10,19H2,(H,20,21). The number of nitrogens with one attached hydrogen (secondary N) is 1. The van der Waals surface area contributed by atoms with Crippen LogP contribution in [0.4, 0.5) is 8.78 Å². The molecule has 21 heavy (non-hydrogen) atoms. The van der Waals surface area contributed by atoms with Crippen LogP contribution in [0.5, 0.6) is 0 Å². The van der Waals surface area contributed by atoms with E-state index in [2.05, 4.69) is 5.32 Å². The number of rotatable bonds is 5. The molecule has 0 aliphatic rings. The highest BCUT2D eigenvalue weighted by atomic mass is 19.1. The quantitative estimate of drug-likeness (QED) is 0.887. The van der Waals surface area contributed by atoms with Crippen LogP contribution in [0.2, 0.25) is 0 Å². The molecule has 2 rings (SSSR count). The lowest BCUT2D eigenvalue weighted by Gasteiger charge is -2.08. The van der Waals surface area contributed by atoms with Crippen LogP contribution >= 0.6 is 0 Å². The van der Waals surface area contributed by atoms with E-state index >= 15 is 0 Å². The summed E-state index contributed by atoms with van der Waals surface area (Å²) >= 11 is 0. The predicted octanol–water partition coefficient (Wildman–Crippen LogP) is 2.28. The first-order valence-electron chi connectivity index (χ1n) is 6.57. The van der Waals surface area contributed by atoms with Crippen molar-refractivity contribution in [3.63, 3.8) is 0 Å². The second-order valence-electron chi connectivity index (χ2n) is 4.71. The molecule has 0 spiro atoms. The Balaban J connectivity index is 1.92. The van der Waals surface area contributed by atoms with Gasteiger partial charge in [0.25, 0.3) is 0 Å². The summed E-state index contributed by atoms with van der Waals surface area (Å²) < 4.78 is 26.7. The van der Waals surface area contributed by atoms with Crippen molar-refractivity contribution in [2.24, 2.45) is 5.73 Å². The fourth-order valence-electron chi connectivity index (χ4n) is 1.95. The zero-order valence-electron chi connectivity index (χ0n) is 11.4. The third kappa shape index (κ3) is 4.36. The third-order valence-corrected chi connectivity index (χ3v) is 3.08. The number of amides is 1. The SMILES string of the molecule is NCc1ccc(CNC(=O)Cc2cccc(F)c2)c(F)c1. The molecule has 0 unspecified atom stereocenters. The van der Waals surface area contributed by atoms with Crippen LogP contribution in [0.25, 0.3) is 0 Å². The van der Waals surface area contributed by atoms with Crippen molar-refractivity contribution < 1.29 is 13.6 Å². The Kier molecular flexibility index (Phi) is 5.00. The summed E-state index contributed by atoms with van der Waals surface area (Å²) in [5.41, 5.74) is 7.08. The van der Waals surface area contributed by atoms with Gasteiger partial charge < -0.3 is 11.1 Å². The van der Waals surface area contributed by atoms with Gasteiger partial charge in [-0.25, -0.2) is 8.78 Å². The van der Waals surface area contributed by atoms with Gasteiger partial charge in [0.15, 0.2) is 0 Å². The summed E-state index contributed by atoms with van der Waals surface area (Å²) in [7, 11) is 0. The molecule has 3 N–H and O–H groups in total. The molecule has 0 heterocycles. The second-order valence-corrected chi connectivity index (χ2v) is 4.71. The van der Waals surface area contributed by atoms with Gasteiger partial charge in [-0.15, -0.1) is 0 Å². The number of nitrogens with two attached hydrogens (primary N) is 1. The summed E-state index contributed by atoms with van der Waals surface area (Å²) in [6.45, 7) is 0.355. The van der Waals surface area contributed by atoms with Crippen LogP contribution in [-0.2, 0) is 24.3 Å². The van der Waals surface area contributed by atoms with Gasteiger partial charge in [0, 0.05) is 18.7 Å². The topological polar surface area (TPSA) is 55.1 Å². The Morgan fingerprint density at radius 3 is 2.57 bits per heavy atom. The van der Waals surface area contributed by atoms with Crippen molar-refractivity contribution in [2.45, 2.75) is 19.5 Å². The van der Waals surface area contributed by atoms with Crippen LogP contribution in [0.1, 0.15) is 16.7 Å². The van der Waals surface area contributed by atoms with Crippen molar-refractivity contribution in [2.75, 3.05) is 0 Å². The van der Waals surface area contributed by atoms with Crippen molar-refractivity contribution in [1.29, 1.82) is 0 Å². The van der Waals surface area contributed by atoms with E-state index in [1.165, 1.54) is 18.2 Å². The van der Waals surface area contributed by atoms with Crippen LogP contribution in [0, 0.1) is 11.6 Å². The number of carbonyl (C=O) groups excluding carboxylic acids is 1. The van der Waals surface area contributed by atoms with E-state index in [4.69, 9.17) is 5.73 Å². The Morgan fingerprint density at radius 1 is 1.10 bits per heavy atom. The highest BCUT2D eigenvalue weighted by Gasteiger charge is 2.07. The molecule has 0 radical (unpaired) electrons. The molecule has 2 aromatic carbocycles. The smallest absolute Gasteiger partial charge is 0.224 e. The fourth-order valence-corrected chi connectivity index (χ4v) is 1.95. The molecule has 0 saturated heterocycles. The molecule has 110 valence electrons. The molecule has 2 aromatic rings. The lowest BCUT2D eigenvalue weighted by molar-refractivity contribution is -0.120. The minimum Gasteiger partial charge on any atom is -0.352 e. The van der Waals surface area contributed by atoms with Gasteiger partial charge in [0.05, 0.1) is 6.42 Å². The van der Waals surface area contributed by atoms with Gasteiger partial charge in [-0.3, -0.25) is 4.79 Å². The Morgan fingerprint density at radius 2 is 1.90 bits per heavy atom. The maximum Gasteiger partial charge on any atom is 0.224 e. The molecular formula is C16H16F2N2O. The molecule has 0 aliphatic carbocycles. The van der Waals surface area contributed by atoms with E-state index in [0.717, 1.165) is 0 Å². The molecule has 0 aliphatic heterocycles. The number of hydrogen-bond acceptors (Lipinski definition) is 2. The van der Waals surface area contributed by atoms with E-state index in [1.54, 1.807) is 24.3 Å². The number of hydrogen-bond donors (Lipinski definition) is 2. The van der Waals surface area contributed by atoms with E-state index < -0.39 is 5.82 Å². The third-order valence-electron chi connectivity index (χ3n) is 3.08. The molecule has 0 saturated carbocycles. The van der Waals surface area contributed by atoms with E-state index in [-0.39, 0.29) is 31.2 Å². The van der Waals surface area contributed by atoms with Crippen molar-refractivity contribution in [3.05, 3.63) is 70.8 Å². The van der Waals surface area contributed by atoms with Crippen LogP contribution in [0.15, 0.2) is 42.5 Å². The molecular weight excluding hydrogens is 274 g/mol. The Bertz CT molecular complexity index is 644. The van der Waals surface area contributed by atoms with Crippen molar-refractivity contribution in [3.8, 4) is 0 Å². The summed E-state index contributed by atoms with van der Waals surface area (Å²) in [5.74, 6) is -1.07. The summed E-state index contributed by atoms with van der Waals surface area (Å²) in [4.78, 5) is 11.8. The monoisotopic (exact) mass is 290 g/mol. The molecule has 5 heteroatoms. The first-order chi connectivity index (χ1) is 10.1. The molecule has 0 aromatic heterocycles. The van der Waals surface area contributed by atoms with Crippen LogP contribution in [0.3, 0.4) is 0 Å². The average Bonchev–Trinajstić information content (AvgIpc) is 2.46. The number of halogens is 2. The zero-order valence-corrected chi connectivity index (χ0v) is 11.4. The minimum atomic E-state index is -0.399. The van der Waals surface area contributed by atoms with Gasteiger partial charge in [0.2, 0.25) is 5.91 Å². The molecule has 3 nitrogen and oxygen atoms in total. The van der Waals surface area contributed by atoms with Gasteiger partial charge in [-0.2, -0.15) is 0 Å². The highest BCUT2D eigenvalue weighted by Crippen LogP contribution is 2.10. The first-order valence-corrected chi connectivity index (χ1v) is 6.57. The lowest BCUT2D eigenvalue weighted by Crippen LogP contribution is -2.25. The maximum absolute atomic E-state index is 13.7. The van der Waals surface area contributed by atoms with Crippen molar-refractivity contribution in [1.82, 2.24) is 5.32 Å². The molecule has 1 amide bonds. The van der Waals surface area contributed by atoms with Gasteiger partial charge in [0.1, 0.15) is 11.6 Å². The number of carbonyl (C=O) groups is 1. The summed E-state index contributed by atoms with van der Waals surface area (Å²) in [5, 5.41) is 2.61. The first kappa shape index (κ1) is 15.1. The summed E-state index contributed by atoms with van der Waals surface area (Å²) in [6, 6.07) is 10.5. The van der Waals surface area contributed by atoms with Gasteiger partial charge in [-0.1, -0.05) is 24.3 Å². The maximum atomic E-state index is 13.7. The predicted molar refractivity (Wildman–Crippen MR) is 76.2 cm³/mol. The molecule has 0 atom stereocenters. The number of benzene rings is 2. The van der Waals surface area contributed by atoms with Gasteiger partial charge in [-0.05, 0) is 29.3 Å².